The van der Waals surface area contributed by atoms with Crippen molar-refractivity contribution in [1.82, 2.24) is 20.2 Å². The number of methoxy groups -OCH3 is 1. The highest BCUT2D eigenvalue weighted by Gasteiger charge is 2.20. The fourth-order valence-corrected chi connectivity index (χ4v) is 4.30. The summed E-state index contributed by atoms with van der Waals surface area (Å²) < 4.78 is 5.66. The standard InChI is InChI=1S/C25H27N5O2/c1-15-5-4-6-19(16(15)2)24-21(32-3)13-20-25(27-24)23(29-28-20)17-7-8-22(26-14-17)30-11-9-18(31)10-12-30/h4-8,13-14,18,31H,9-12H2,1-3H3,(H,28,29). The summed E-state index contributed by atoms with van der Waals surface area (Å²) in [6, 6.07) is 12.2. The van der Waals surface area contributed by atoms with E-state index >= 15 is 0 Å². The highest BCUT2D eigenvalue weighted by Crippen LogP contribution is 2.36. The number of pyridine rings is 2. The van der Waals surface area contributed by atoms with E-state index in [0.717, 1.165) is 65.3 Å². The lowest BCUT2D eigenvalue weighted by Crippen LogP contribution is -2.36. The second-order valence-electron chi connectivity index (χ2n) is 8.38. The topological polar surface area (TPSA) is 87.2 Å². The number of aromatic nitrogens is 4. The third kappa shape index (κ3) is 3.58. The molecule has 0 aliphatic carbocycles. The minimum Gasteiger partial charge on any atom is -0.494 e. The first kappa shape index (κ1) is 20.5. The van der Waals surface area contributed by atoms with Gasteiger partial charge < -0.3 is 14.7 Å². The maximum atomic E-state index is 9.74. The minimum atomic E-state index is -0.199. The average Bonchev–Trinajstić information content (AvgIpc) is 3.23. The van der Waals surface area contributed by atoms with Gasteiger partial charge in [-0.2, -0.15) is 5.10 Å². The summed E-state index contributed by atoms with van der Waals surface area (Å²) in [5, 5.41) is 17.4. The molecule has 1 saturated heterocycles. The van der Waals surface area contributed by atoms with Crippen LogP contribution in [0.1, 0.15) is 24.0 Å². The number of hydrogen-bond acceptors (Lipinski definition) is 6. The van der Waals surface area contributed by atoms with Crippen molar-refractivity contribution >= 4 is 16.9 Å². The van der Waals surface area contributed by atoms with Crippen LogP contribution in [0, 0.1) is 13.8 Å². The molecular formula is C25H27N5O2. The third-order valence-corrected chi connectivity index (χ3v) is 6.39. The van der Waals surface area contributed by atoms with E-state index in [9.17, 15) is 5.11 Å². The Balaban J connectivity index is 1.55. The van der Waals surface area contributed by atoms with E-state index in [1.807, 2.05) is 30.5 Å². The van der Waals surface area contributed by atoms with Crippen molar-refractivity contribution < 1.29 is 9.84 Å². The number of hydrogen-bond donors (Lipinski definition) is 2. The zero-order valence-electron chi connectivity index (χ0n) is 18.6. The molecule has 1 aliphatic heterocycles. The number of nitrogens with one attached hydrogen (secondary N) is 1. The molecule has 3 aromatic heterocycles. The number of ether oxygens (including phenoxy) is 1. The Morgan fingerprint density at radius 2 is 1.91 bits per heavy atom. The molecule has 0 spiro atoms. The predicted molar refractivity (Wildman–Crippen MR) is 126 cm³/mol. The van der Waals surface area contributed by atoms with Crippen molar-refractivity contribution in [2.45, 2.75) is 32.8 Å². The number of H-pyrrole nitrogens is 1. The maximum absolute atomic E-state index is 9.74. The maximum Gasteiger partial charge on any atom is 0.147 e. The molecule has 4 aromatic rings. The lowest BCUT2D eigenvalue weighted by Gasteiger charge is -2.30. The molecule has 4 heterocycles. The highest BCUT2D eigenvalue weighted by molar-refractivity contribution is 5.93. The molecule has 0 saturated carbocycles. The van der Waals surface area contributed by atoms with Crippen molar-refractivity contribution in [3.8, 4) is 28.3 Å². The Hall–Kier alpha value is -3.45. The molecule has 0 bridgehead atoms. The van der Waals surface area contributed by atoms with E-state index in [1.54, 1.807) is 7.11 Å². The number of nitrogens with zero attached hydrogens (tertiary/aromatic N) is 4. The number of aliphatic hydroxyl groups excluding tert-OH is 1. The lowest BCUT2D eigenvalue weighted by atomic mass is 9.99. The van der Waals surface area contributed by atoms with E-state index in [1.165, 1.54) is 11.1 Å². The van der Waals surface area contributed by atoms with Gasteiger partial charge in [0.1, 0.15) is 28.5 Å². The largest absolute Gasteiger partial charge is 0.494 e. The summed E-state index contributed by atoms with van der Waals surface area (Å²) >= 11 is 0. The van der Waals surface area contributed by atoms with Crippen molar-refractivity contribution in [2.75, 3.05) is 25.1 Å². The minimum absolute atomic E-state index is 0.199. The van der Waals surface area contributed by atoms with Gasteiger partial charge in [0.25, 0.3) is 0 Å². The number of anilines is 1. The zero-order valence-corrected chi connectivity index (χ0v) is 18.6. The normalized spacial score (nSPS) is 14.8. The van der Waals surface area contributed by atoms with Crippen molar-refractivity contribution in [1.29, 1.82) is 0 Å². The van der Waals surface area contributed by atoms with Gasteiger partial charge in [-0.15, -0.1) is 0 Å². The second kappa shape index (κ2) is 8.24. The first-order chi connectivity index (χ1) is 15.5. The van der Waals surface area contributed by atoms with Crippen molar-refractivity contribution in [3.05, 3.63) is 53.7 Å². The van der Waals surface area contributed by atoms with Crippen LogP contribution in [0.4, 0.5) is 5.82 Å². The Morgan fingerprint density at radius 3 is 2.62 bits per heavy atom. The number of piperidine rings is 1. The number of aliphatic hydroxyl groups is 1. The first-order valence-corrected chi connectivity index (χ1v) is 10.9. The van der Waals surface area contributed by atoms with Crippen LogP contribution in [0.5, 0.6) is 5.75 Å². The molecule has 1 fully saturated rings. The molecule has 7 heteroatoms. The number of aromatic amines is 1. The molecule has 0 unspecified atom stereocenters. The molecule has 0 atom stereocenters. The fraction of sp³-hybridized carbons (Fsp3) is 0.320. The number of rotatable bonds is 4. The summed E-state index contributed by atoms with van der Waals surface area (Å²) in [6.45, 7) is 5.84. The monoisotopic (exact) mass is 429 g/mol. The molecule has 164 valence electrons. The van der Waals surface area contributed by atoms with Gasteiger partial charge in [-0.1, -0.05) is 18.2 Å². The molecule has 2 N–H and O–H groups in total. The summed E-state index contributed by atoms with van der Waals surface area (Å²) in [5.41, 5.74) is 7.53. The highest BCUT2D eigenvalue weighted by atomic mass is 16.5. The predicted octanol–water partition coefficient (Wildman–Crippen LogP) is 4.27. The van der Waals surface area contributed by atoms with E-state index < -0.39 is 0 Å². The van der Waals surface area contributed by atoms with Crippen LogP contribution in [0.15, 0.2) is 42.6 Å². The van der Waals surface area contributed by atoms with Crippen molar-refractivity contribution in [3.63, 3.8) is 0 Å². The smallest absolute Gasteiger partial charge is 0.147 e. The van der Waals surface area contributed by atoms with Crippen LogP contribution in [0.25, 0.3) is 33.5 Å². The average molecular weight is 430 g/mol. The van der Waals surface area contributed by atoms with Crippen LogP contribution in [-0.2, 0) is 0 Å². The van der Waals surface area contributed by atoms with Crippen LogP contribution < -0.4 is 9.64 Å². The van der Waals surface area contributed by atoms with E-state index in [-0.39, 0.29) is 6.10 Å². The Kier molecular flexibility index (Phi) is 5.27. The molecular weight excluding hydrogens is 402 g/mol. The van der Waals surface area contributed by atoms with E-state index in [0.29, 0.717) is 5.75 Å². The van der Waals surface area contributed by atoms with Gasteiger partial charge in [-0.25, -0.2) is 9.97 Å². The van der Waals surface area contributed by atoms with Gasteiger partial charge in [-0.3, -0.25) is 5.10 Å². The number of fused-ring (bicyclic) bond motifs is 1. The third-order valence-electron chi connectivity index (χ3n) is 6.39. The van der Waals surface area contributed by atoms with Gasteiger partial charge in [0, 0.05) is 36.5 Å². The van der Waals surface area contributed by atoms with Crippen LogP contribution in [0.3, 0.4) is 0 Å². The Bertz CT molecular complexity index is 1260. The van der Waals surface area contributed by atoms with Gasteiger partial charge in [0.15, 0.2) is 0 Å². The molecule has 0 radical (unpaired) electrons. The van der Waals surface area contributed by atoms with Gasteiger partial charge in [0.2, 0.25) is 0 Å². The van der Waals surface area contributed by atoms with Crippen molar-refractivity contribution in [2.24, 2.45) is 0 Å². The van der Waals surface area contributed by atoms with E-state index in [2.05, 4.69) is 46.1 Å². The molecule has 7 nitrogen and oxygen atoms in total. The van der Waals surface area contributed by atoms with E-state index in [4.69, 9.17) is 9.72 Å². The Labute approximate surface area is 187 Å². The van der Waals surface area contributed by atoms with Crippen LogP contribution in [-0.4, -0.2) is 51.6 Å². The molecule has 1 aliphatic rings. The second-order valence-corrected chi connectivity index (χ2v) is 8.38. The SMILES string of the molecule is COc1cc2[nH]nc(-c3ccc(N4CCC(O)CC4)nc3)c2nc1-c1cccc(C)c1C. The molecule has 1 aromatic carbocycles. The molecule has 32 heavy (non-hydrogen) atoms. The summed E-state index contributed by atoms with van der Waals surface area (Å²) in [4.78, 5) is 11.9. The number of aryl methyl sites for hydroxylation is 1. The van der Waals surface area contributed by atoms with Crippen LogP contribution >= 0.6 is 0 Å². The summed E-state index contributed by atoms with van der Waals surface area (Å²) in [5.74, 6) is 1.63. The number of benzene rings is 1. The molecule has 0 amide bonds. The summed E-state index contributed by atoms with van der Waals surface area (Å²) in [7, 11) is 1.66. The summed E-state index contributed by atoms with van der Waals surface area (Å²) in [6.07, 6.45) is 3.20. The first-order valence-electron chi connectivity index (χ1n) is 10.9. The van der Waals surface area contributed by atoms with Gasteiger partial charge in [-0.05, 0) is 49.9 Å². The fourth-order valence-electron chi connectivity index (χ4n) is 4.30. The van der Waals surface area contributed by atoms with Gasteiger partial charge in [0.05, 0.1) is 18.7 Å². The van der Waals surface area contributed by atoms with Crippen LogP contribution in [0.2, 0.25) is 0 Å². The van der Waals surface area contributed by atoms with Gasteiger partial charge >= 0.3 is 0 Å². The zero-order chi connectivity index (χ0) is 22.2. The lowest BCUT2D eigenvalue weighted by molar-refractivity contribution is 0.145. The Morgan fingerprint density at radius 1 is 1.09 bits per heavy atom. The molecule has 5 rings (SSSR count). The quantitative estimate of drug-likeness (QED) is 0.504.